The monoisotopic (exact) mass is 197 g/mol. The van der Waals surface area contributed by atoms with E-state index in [1.807, 2.05) is 0 Å². The molecular formula is C10H15NO3. The number of nitro groups is 1. The summed E-state index contributed by atoms with van der Waals surface area (Å²) in [6.45, 7) is 0. The highest BCUT2D eigenvalue weighted by Gasteiger charge is 2.63. The fourth-order valence-corrected chi connectivity index (χ4v) is 4.38. The summed E-state index contributed by atoms with van der Waals surface area (Å²) >= 11 is 0. The van der Waals surface area contributed by atoms with E-state index in [9.17, 15) is 15.2 Å². The van der Waals surface area contributed by atoms with Crippen LogP contribution < -0.4 is 0 Å². The normalized spacial score (nSPS) is 54.9. The molecule has 4 nitrogen and oxygen atoms in total. The van der Waals surface area contributed by atoms with Crippen molar-refractivity contribution >= 4 is 0 Å². The molecule has 14 heavy (non-hydrogen) atoms. The third-order valence-electron chi connectivity index (χ3n) is 4.39. The number of nitrogens with zero attached hydrogens (tertiary/aromatic N) is 1. The second kappa shape index (κ2) is 2.30. The molecule has 0 spiro atoms. The van der Waals surface area contributed by atoms with Crippen molar-refractivity contribution in [2.24, 2.45) is 11.8 Å². The molecule has 4 fully saturated rings. The lowest BCUT2D eigenvalue weighted by Crippen LogP contribution is -2.61. The van der Waals surface area contributed by atoms with Crippen LogP contribution in [0.2, 0.25) is 0 Å². The third kappa shape index (κ3) is 0.975. The first-order chi connectivity index (χ1) is 6.51. The average Bonchev–Trinajstić information content (AvgIpc) is 1.98. The second-order valence-electron chi connectivity index (χ2n) is 5.67. The minimum Gasteiger partial charge on any atom is -0.390 e. The Morgan fingerprint density at radius 3 is 2.21 bits per heavy atom. The Balaban J connectivity index is 2.00. The lowest BCUT2D eigenvalue weighted by molar-refractivity contribution is -0.592. The number of aliphatic hydroxyl groups is 1. The van der Waals surface area contributed by atoms with Crippen molar-refractivity contribution in [2.75, 3.05) is 0 Å². The fourth-order valence-electron chi connectivity index (χ4n) is 4.38. The maximum atomic E-state index is 11.1. The van der Waals surface area contributed by atoms with E-state index in [1.165, 1.54) is 0 Å². The minimum absolute atomic E-state index is 0.116. The molecule has 0 aromatic rings. The SMILES string of the molecule is O=[N+]([O-])C12CC3CC(CC(O)(C3)C1)C2. The number of hydrogen-bond acceptors (Lipinski definition) is 3. The van der Waals surface area contributed by atoms with Gasteiger partial charge in [0.1, 0.15) is 0 Å². The first kappa shape index (κ1) is 8.65. The lowest BCUT2D eigenvalue weighted by Gasteiger charge is -2.55. The van der Waals surface area contributed by atoms with Crippen LogP contribution >= 0.6 is 0 Å². The zero-order chi connectivity index (χ0) is 9.97. The van der Waals surface area contributed by atoms with Crippen molar-refractivity contribution < 1.29 is 10.0 Å². The van der Waals surface area contributed by atoms with Crippen LogP contribution in [-0.2, 0) is 0 Å². The van der Waals surface area contributed by atoms with Crippen molar-refractivity contribution in [3.05, 3.63) is 10.1 Å². The smallest absolute Gasteiger partial charge is 0.225 e. The summed E-state index contributed by atoms with van der Waals surface area (Å²) in [6, 6.07) is 0. The van der Waals surface area contributed by atoms with Crippen molar-refractivity contribution in [1.29, 1.82) is 0 Å². The summed E-state index contributed by atoms with van der Waals surface area (Å²) < 4.78 is 0. The summed E-state index contributed by atoms with van der Waals surface area (Å²) in [5.41, 5.74) is -1.46. The summed E-state index contributed by atoms with van der Waals surface area (Å²) in [4.78, 5) is 11.0. The molecule has 4 saturated carbocycles. The number of rotatable bonds is 1. The van der Waals surface area contributed by atoms with Crippen molar-refractivity contribution in [2.45, 2.75) is 49.7 Å². The van der Waals surface area contributed by atoms with Crippen LogP contribution in [-0.4, -0.2) is 21.2 Å². The molecule has 0 aromatic heterocycles. The standard InChI is InChI=1S/C10H15NO3/c12-10-4-7-1-8(5-10)3-9(2-7,6-10)11(13)14/h7-8,12H,1-6H2. The summed E-state index contributed by atoms with van der Waals surface area (Å²) in [5.74, 6) is 0.818. The van der Waals surface area contributed by atoms with Crippen LogP contribution in [0.5, 0.6) is 0 Å². The van der Waals surface area contributed by atoms with E-state index < -0.39 is 11.1 Å². The van der Waals surface area contributed by atoms with E-state index in [4.69, 9.17) is 0 Å². The molecule has 0 radical (unpaired) electrons. The van der Waals surface area contributed by atoms with Gasteiger partial charge in [0.25, 0.3) is 0 Å². The molecule has 4 rings (SSSR count). The van der Waals surface area contributed by atoms with Gasteiger partial charge in [0.2, 0.25) is 5.54 Å². The predicted molar refractivity (Wildman–Crippen MR) is 49.4 cm³/mol. The molecule has 1 N–H and O–H groups in total. The van der Waals surface area contributed by atoms with Gasteiger partial charge in [0.15, 0.2) is 0 Å². The zero-order valence-electron chi connectivity index (χ0n) is 8.11. The predicted octanol–water partition coefficient (Wildman–Crippen LogP) is 1.35. The maximum Gasteiger partial charge on any atom is 0.225 e. The van der Waals surface area contributed by atoms with Gasteiger partial charge in [-0.1, -0.05) is 0 Å². The molecule has 4 aliphatic rings. The molecule has 0 aliphatic heterocycles. The Morgan fingerprint density at radius 1 is 1.21 bits per heavy atom. The molecule has 0 amide bonds. The summed E-state index contributed by atoms with van der Waals surface area (Å²) in [7, 11) is 0. The Hall–Kier alpha value is -0.640. The van der Waals surface area contributed by atoms with Gasteiger partial charge < -0.3 is 5.11 Å². The molecule has 4 bridgehead atoms. The molecule has 4 aliphatic carbocycles. The van der Waals surface area contributed by atoms with E-state index in [-0.39, 0.29) is 4.92 Å². The van der Waals surface area contributed by atoms with Crippen LogP contribution in [0, 0.1) is 22.0 Å². The largest absolute Gasteiger partial charge is 0.390 e. The van der Waals surface area contributed by atoms with Gasteiger partial charge >= 0.3 is 0 Å². The zero-order valence-corrected chi connectivity index (χ0v) is 8.11. The van der Waals surface area contributed by atoms with Gasteiger partial charge in [-0.25, -0.2) is 0 Å². The first-order valence-electron chi connectivity index (χ1n) is 5.38. The van der Waals surface area contributed by atoms with Gasteiger partial charge in [-0.3, -0.25) is 10.1 Å². The van der Waals surface area contributed by atoms with Gasteiger partial charge in [0.05, 0.1) is 5.60 Å². The quantitative estimate of drug-likeness (QED) is 0.509. The van der Waals surface area contributed by atoms with Crippen LogP contribution in [0.1, 0.15) is 38.5 Å². The number of hydrogen-bond donors (Lipinski definition) is 1. The van der Waals surface area contributed by atoms with Crippen molar-refractivity contribution in [1.82, 2.24) is 0 Å². The highest BCUT2D eigenvalue weighted by Crippen LogP contribution is 2.58. The van der Waals surface area contributed by atoms with Gasteiger partial charge in [-0.15, -0.1) is 0 Å². The molecule has 78 valence electrons. The van der Waals surface area contributed by atoms with Crippen LogP contribution in [0.25, 0.3) is 0 Å². The van der Waals surface area contributed by atoms with Gasteiger partial charge in [0, 0.05) is 24.2 Å². The van der Waals surface area contributed by atoms with Crippen molar-refractivity contribution in [3.8, 4) is 0 Å². The molecule has 0 aromatic carbocycles. The molecule has 2 atom stereocenters. The first-order valence-corrected chi connectivity index (χ1v) is 5.38. The van der Waals surface area contributed by atoms with Crippen LogP contribution in [0.15, 0.2) is 0 Å². The van der Waals surface area contributed by atoms with Crippen molar-refractivity contribution in [3.63, 3.8) is 0 Å². The Labute approximate surface area is 82.5 Å². The van der Waals surface area contributed by atoms with Gasteiger partial charge in [-0.05, 0) is 31.1 Å². The minimum atomic E-state index is -0.765. The second-order valence-corrected chi connectivity index (χ2v) is 5.67. The van der Waals surface area contributed by atoms with E-state index in [0.717, 1.165) is 19.3 Å². The highest BCUT2D eigenvalue weighted by molar-refractivity contribution is 5.09. The fraction of sp³-hybridized carbons (Fsp3) is 1.00. The van der Waals surface area contributed by atoms with Crippen LogP contribution in [0.3, 0.4) is 0 Å². The van der Waals surface area contributed by atoms with E-state index in [0.29, 0.717) is 31.1 Å². The highest BCUT2D eigenvalue weighted by atomic mass is 16.6. The molecular weight excluding hydrogens is 182 g/mol. The maximum absolute atomic E-state index is 11.1. The Kier molecular flexibility index (Phi) is 1.42. The van der Waals surface area contributed by atoms with Gasteiger partial charge in [-0.2, -0.15) is 0 Å². The molecule has 0 heterocycles. The third-order valence-corrected chi connectivity index (χ3v) is 4.39. The van der Waals surface area contributed by atoms with E-state index in [1.54, 1.807) is 0 Å². The average molecular weight is 197 g/mol. The van der Waals surface area contributed by atoms with E-state index in [2.05, 4.69) is 0 Å². The Morgan fingerprint density at radius 2 is 1.79 bits per heavy atom. The topological polar surface area (TPSA) is 63.4 Å². The van der Waals surface area contributed by atoms with Crippen LogP contribution in [0.4, 0.5) is 0 Å². The molecule has 2 unspecified atom stereocenters. The Bertz CT molecular complexity index is 288. The summed E-state index contributed by atoms with van der Waals surface area (Å²) in [6.07, 6.45) is 4.54. The summed E-state index contributed by atoms with van der Waals surface area (Å²) in [5, 5.41) is 21.3. The lowest BCUT2D eigenvalue weighted by atomic mass is 9.51. The molecule has 4 heteroatoms. The van der Waals surface area contributed by atoms with E-state index >= 15 is 0 Å². The molecule has 0 saturated heterocycles.